The van der Waals surface area contributed by atoms with Crippen LogP contribution >= 0.6 is 0 Å². The molecule has 1 aromatic rings. The van der Waals surface area contributed by atoms with E-state index in [4.69, 9.17) is 9.47 Å². The van der Waals surface area contributed by atoms with Crippen LogP contribution in [-0.4, -0.2) is 54.9 Å². The first-order chi connectivity index (χ1) is 9.33. The Hall–Kier alpha value is -1.89. The van der Waals surface area contributed by atoms with Crippen LogP contribution in [-0.2, 0) is 4.74 Å². The van der Waals surface area contributed by atoms with Crippen LogP contribution in [0.25, 0.3) is 0 Å². The molecule has 7 nitrogen and oxygen atoms in total. The monoisotopic (exact) mass is 265 g/mol. The minimum absolute atomic E-state index is 0.332. The van der Waals surface area contributed by atoms with Crippen molar-refractivity contribution in [3.05, 3.63) is 12.2 Å². The summed E-state index contributed by atoms with van der Waals surface area (Å²) >= 11 is 0. The quantitative estimate of drug-likeness (QED) is 0.786. The van der Waals surface area contributed by atoms with Crippen molar-refractivity contribution >= 4 is 11.9 Å². The molecule has 0 bridgehead atoms. The zero-order valence-corrected chi connectivity index (χ0v) is 11.3. The maximum absolute atomic E-state index is 5.47. The summed E-state index contributed by atoms with van der Waals surface area (Å²) in [7, 11) is 1.77. The van der Waals surface area contributed by atoms with Gasteiger partial charge in [-0.25, -0.2) is 0 Å². The molecule has 19 heavy (non-hydrogen) atoms. The van der Waals surface area contributed by atoms with Gasteiger partial charge in [0.1, 0.15) is 6.61 Å². The Bertz CT molecular complexity index is 432. The molecule has 0 saturated carbocycles. The molecule has 1 N–H and O–H groups in total. The molecule has 0 aromatic carbocycles. The van der Waals surface area contributed by atoms with Crippen LogP contribution in [0.5, 0.6) is 6.01 Å². The van der Waals surface area contributed by atoms with E-state index < -0.39 is 0 Å². The molecule has 1 fully saturated rings. The third-order valence-electron chi connectivity index (χ3n) is 2.66. The topological polar surface area (TPSA) is 72.4 Å². The lowest BCUT2D eigenvalue weighted by Crippen LogP contribution is -2.37. The van der Waals surface area contributed by atoms with Gasteiger partial charge in [0, 0.05) is 20.1 Å². The summed E-state index contributed by atoms with van der Waals surface area (Å²) in [6, 6.07) is 0.332. The fourth-order valence-corrected chi connectivity index (χ4v) is 1.65. The summed E-state index contributed by atoms with van der Waals surface area (Å²) in [6.07, 6.45) is 3.82. The van der Waals surface area contributed by atoms with Gasteiger partial charge in [-0.2, -0.15) is 15.0 Å². The van der Waals surface area contributed by atoms with Crippen LogP contribution in [0.3, 0.4) is 0 Å². The van der Waals surface area contributed by atoms with E-state index in [1.807, 2.05) is 19.1 Å². The molecule has 104 valence electrons. The number of nitrogens with one attached hydrogen (secondary N) is 1. The van der Waals surface area contributed by atoms with Crippen LogP contribution in [0.4, 0.5) is 11.9 Å². The predicted molar refractivity (Wildman–Crippen MR) is 72.7 cm³/mol. The first-order valence-electron chi connectivity index (χ1n) is 6.34. The van der Waals surface area contributed by atoms with Crippen molar-refractivity contribution in [3.63, 3.8) is 0 Å². The van der Waals surface area contributed by atoms with E-state index in [9.17, 15) is 0 Å². The summed E-state index contributed by atoms with van der Waals surface area (Å²) in [6.45, 7) is 5.33. The predicted octanol–water partition coefficient (Wildman–Crippen LogP) is 0.705. The van der Waals surface area contributed by atoms with E-state index in [2.05, 4.69) is 25.2 Å². The molecule has 2 rings (SSSR count). The highest BCUT2D eigenvalue weighted by Crippen LogP contribution is 2.15. The highest BCUT2D eigenvalue weighted by Gasteiger charge is 2.16. The minimum atomic E-state index is 0.332. The largest absolute Gasteiger partial charge is 0.459 e. The second-order valence-electron chi connectivity index (χ2n) is 3.97. The summed E-state index contributed by atoms with van der Waals surface area (Å²) in [5, 5.41) is 2.92. The lowest BCUT2D eigenvalue weighted by atomic mass is 10.4. The van der Waals surface area contributed by atoms with Gasteiger partial charge in [0.2, 0.25) is 11.9 Å². The third kappa shape index (κ3) is 3.78. The number of aromatic nitrogens is 3. The fraction of sp³-hybridized carbons (Fsp3) is 0.583. The average molecular weight is 265 g/mol. The normalized spacial score (nSPS) is 15.8. The van der Waals surface area contributed by atoms with E-state index in [1.165, 1.54) is 0 Å². The minimum Gasteiger partial charge on any atom is -0.459 e. The Labute approximate surface area is 112 Å². The molecule has 7 heteroatoms. The number of morpholine rings is 1. The third-order valence-corrected chi connectivity index (χ3v) is 2.66. The van der Waals surface area contributed by atoms with Crippen molar-refractivity contribution < 1.29 is 9.47 Å². The second-order valence-corrected chi connectivity index (χ2v) is 3.97. The first kappa shape index (κ1) is 13.5. The molecule has 1 aliphatic rings. The molecule has 0 unspecified atom stereocenters. The Morgan fingerprint density at radius 3 is 2.79 bits per heavy atom. The van der Waals surface area contributed by atoms with E-state index in [-0.39, 0.29) is 0 Å². The van der Waals surface area contributed by atoms with Crippen molar-refractivity contribution in [2.45, 2.75) is 6.92 Å². The van der Waals surface area contributed by atoms with Crippen LogP contribution in [0, 0.1) is 0 Å². The van der Waals surface area contributed by atoms with Gasteiger partial charge < -0.3 is 19.7 Å². The molecule has 0 spiro atoms. The number of nitrogens with zero attached hydrogens (tertiary/aromatic N) is 4. The number of allylic oxidation sites excluding steroid dienone is 1. The van der Waals surface area contributed by atoms with Gasteiger partial charge in [-0.05, 0) is 6.92 Å². The van der Waals surface area contributed by atoms with Crippen LogP contribution in [0.1, 0.15) is 6.92 Å². The summed E-state index contributed by atoms with van der Waals surface area (Å²) in [4.78, 5) is 14.9. The molecular formula is C12H19N5O2. The van der Waals surface area contributed by atoms with Crippen molar-refractivity contribution in [2.24, 2.45) is 0 Å². The number of hydrogen-bond donors (Lipinski definition) is 1. The second kappa shape index (κ2) is 6.89. The molecule has 1 aromatic heterocycles. The van der Waals surface area contributed by atoms with E-state index in [0.29, 0.717) is 37.7 Å². The van der Waals surface area contributed by atoms with Gasteiger partial charge >= 0.3 is 6.01 Å². The molecule has 0 aliphatic carbocycles. The smallest absolute Gasteiger partial charge is 0.323 e. The van der Waals surface area contributed by atoms with E-state index >= 15 is 0 Å². The Morgan fingerprint density at radius 1 is 1.32 bits per heavy atom. The van der Waals surface area contributed by atoms with Gasteiger partial charge in [0.05, 0.1) is 13.2 Å². The highest BCUT2D eigenvalue weighted by atomic mass is 16.5. The highest BCUT2D eigenvalue weighted by molar-refractivity contribution is 5.38. The van der Waals surface area contributed by atoms with Crippen LogP contribution in [0.2, 0.25) is 0 Å². The number of ether oxygens (including phenoxy) is 2. The molecule has 1 aliphatic heterocycles. The summed E-state index contributed by atoms with van der Waals surface area (Å²) in [5.74, 6) is 1.13. The van der Waals surface area contributed by atoms with Crippen molar-refractivity contribution in [3.8, 4) is 6.01 Å². The molecule has 0 atom stereocenters. The van der Waals surface area contributed by atoms with Gasteiger partial charge in [0.15, 0.2) is 0 Å². The first-order valence-corrected chi connectivity index (χ1v) is 6.34. The van der Waals surface area contributed by atoms with Crippen molar-refractivity contribution in [1.29, 1.82) is 0 Å². The zero-order valence-electron chi connectivity index (χ0n) is 11.3. The maximum atomic E-state index is 5.47. The van der Waals surface area contributed by atoms with E-state index in [0.717, 1.165) is 13.1 Å². The molecule has 2 heterocycles. The van der Waals surface area contributed by atoms with Crippen LogP contribution < -0.4 is 15.0 Å². The summed E-state index contributed by atoms with van der Waals surface area (Å²) in [5.41, 5.74) is 0. The molecule has 0 radical (unpaired) electrons. The Balaban J connectivity index is 2.14. The lowest BCUT2D eigenvalue weighted by Gasteiger charge is -2.26. The molecule has 0 amide bonds. The average Bonchev–Trinajstić information content (AvgIpc) is 2.48. The maximum Gasteiger partial charge on any atom is 0.323 e. The van der Waals surface area contributed by atoms with Gasteiger partial charge in [-0.3, -0.25) is 0 Å². The van der Waals surface area contributed by atoms with Crippen molar-refractivity contribution in [2.75, 3.05) is 50.2 Å². The SMILES string of the molecule is C/C=C/COc1nc(NC)nc(N2CCOCC2)n1. The standard InChI is InChI=1S/C12H19N5O2/c1-3-4-7-19-12-15-10(13-2)14-11(16-12)17-5-8-18-9-6-17/h3-4H,5-9H2,1-2H3,(H,13,14,15,16)/b4-3+. The Morgan fingerprint density at radius 2 is 2.11 bits per heavy atom. The van der Waals surface area contributed by atoms with Gasteiger partial charge in [-0.1, -0.05) is 12.2 Å². The Kier molecular flexibility index (Phi) is 4.91. The number of anilines is 2. The van der Waals surface area contributed by atoms with Gasteiger partial charge in [0.25, 0.3) is 0 Å². The molecule has 1 saturated heterocycles. The van der Waals surface area contributed by atoms with Crippen LogP contribution in [0.15, 0.2) is 12.2 Å². The molecular weight excluding hydrogens is 246 g/mol. The zero-order chi connectivity index (χ0) is 13.5. The van der Waals surface area contributed by atoms with E-state index in [1.54, 1.807) is 7.05 Å². The van der Waals surface area contributed by atoms with Crippen molar-refractivity contribution in [1.82, 2.24) is 15.0 Å². The van der Waals surface area contributed by atoms with Gasteiger partial charge in [-0.15, -0.1) is 0 Å². The lowest BCUT2D eigenvalue weighted by molar-refractivity contribution is 0.122. The summed E-state index contributed by atoms with van der Waals surface area (Å²) < 4.78 is 10.8. The number of rotatable bonds is 5. The fourth-order valence-electron chi connectivity index (χ4n) is 1.65. The number of hydrogen-bond acceptors (Lipinski definition) is 7.